The molecule has 0 heterocycles. The maximum Gasteiger partial charge on any atom is 0.302 e. The summed E-state index contributed by atoms with van der Waals surface area (Å²) in [6.45, 7) is 5.72. The number of ether oxygens (including phenoxy) is 1. The molecular weight excluding hydrogens is 316 g/mol. The summed E-state index contributed by atoms with van der Waals surface area (Å²) in [5.74, 6) is 1.05. The molecule has 3 saturated carbocycles. The minimum Gasteiger partial charge on any atom is -0.462 e. The topological polar surface area (TPSA) is 60.4 Å². The number of esters is 1. The molecule has 0 aromatic rings. The maximum atomic E-state index is 13.2. The van der Waals surface area contributed by atoms with Crippen molar-refractivity contribution in [3.05, 3.63) is 11.6 Å². The molecule has 0 aromatic heterocycles. The molecule has 0 bridgehead atoms. The van der Waals surface area contributed by atoms with Gasteiger partial charge in [-0.15, -0.1) is 0 Å². The largest absolute Gasteiger partial charge is 0.462 e. The van der Waals surface area contributed by atoms with Crippen LogP contribution >= 0.6 is 0 Å². The van der Waals surface area contributed by atoms with E-state index in [4.69, 9.17) is 4.74 Å². The molecule has 0 amide bonds. The molecule has 4 heteroatoms. The molecule has 136 valence electrons. The summed E-state index contributed by atoms with van der Waals surface area (Å²) in [5.41, 5.74) is 0.755. The summed E-state index contributed by atoms with van der Waals surface area (Å²) in [6.07, 6.45) is 7.62. The second-order valence-corrected chi connectivity index (χ2v) is 9.13. The van der Waals surface area contributed by atoms with Crippen LogP contribution in [0.15, 0.2) is 11.6 Å². The number of hydrogen-bond acceptors (Lipinski definition) is 4. The number of ketones is 2. The van der Waals surface area contributed by atoms with E-state index in [1.807, 2.05) is 6.92 Å². The molecule has 0 aliphatic heterocycles. The Morgan fingerprint density at radius 3 is 2.68 bits per heavy atom. The van der Waals surface area contributed by atoms with E-state index in [0.717, 1.165) is 32.1 Å². The van der Waals surface area contributed by atoms with Gasteiger partial charge in [-0.1, -0.05) is 25.5 Å². The van der Waals surface area contributed by atoms with Gasteiger partial charge >= 0.3 is 5.97 Å². The number of carbonyl (C=O) groups excluding carboxylic acids is 3. The van der Waals surface area contributed by atoms with Crippen molar-refractivity contribution in [2.24, 2.45) is 28.6 Å². The summed E-state index contributed by atoms with van der Waals surface area (Å²) >= 11 is 0. The normalized spacial score (nSPS) is 46.0. The third-order valence-corrected chi connectivity index (χ3v) is 7.79. The van der Waals surface area contributed by atoms with Crippen LogP contribution in [0.4, 0.5) is 0 Å². The fourth-order valence-corrected chi connectivity index (χ4v) is 6.57. The van der Waals surface area contributed by atoms with Crippen molar-refractivity contribution in [2.75, 3.05) is 0 Å². The molecule has 4 rings (SSSR count). The third-order valence-electron chi connectivity index (χ3n) is 7.79. The molecule has 6 atom stereocenters. The molecule has 0 saturated heterocycles. The fourth-order valence-electron chi connectivity index (χ4n) is 6.57. The first-order valence-electron chi connectivity index (χ1n) is 9.68. The van der Waals surface area contributed by atoms with Crippen LogP contribution in [0.25, 0.3) is 0 Å². The first-order chi connectivity index (χ1) is 11.8. The highest BCUT2D eigenvalue weighted by Crippen LogP contribution is 2.62. The van der Waals surface area contributed by atoms with Crippen molar-refractivity contribution >= 4 is 17.5 Å². The van der Waals surface area contributed by atoms with Gasteiger partial charge < -0.3 is 4.74 Å². The lowest BCUT2D eigenvalue weighted by Crippen LogP contribution is -2.55. The fraction of sp³-hybridized carbons (Fsp3) is 0.762. The quantitative estimate of drug-likeness (QED) is 0.538. The lowest BCUT2D eigenvalue weighted by Gasteiger charge is -2.55. The minimum absolute atomic E-state index is 0.0368. The molecule has 0 aromatic carbocycles. The van der Waals surface area contributed by atoms with E-state index in [-0.39, 0.29) is 29.2 Å². The molecule has 0 spiro atoms. The SMILES string of the molecule is CC(=O)O[C@@H]1CC[C@@]2(C)C(=CC[C@H]3[C@H]2C(=O)C[C@]2(C)C(=O)CC[C@H]32)C1. The maximum absolute atomic E-state index is 13.2. The van der Waals surface area contributed by atoms with Crippen molar-refractivity contribution in [1.82, 2.24) is 0 Å². The number of rotatable bonds is 1. The van der Waals surface area contributed by atoms with Crippen LogP contribution in [0.5, 0.6) is 0 Å². The van der Waals surface area contributed by atoms with Crippen LogP contribution in [0, 0.1) is 28.6 Å². The van der Waals surface area contributed by atoms with E-state index in [2.05, 4.69) is 13.0 Å². The Morgan fingerprint density at radius 2 is 1.96 bits per heavy atom. The summed E-state index contributed by atoms with van der Waals surface area (Å²) in [4.78, 5) is 36.9. The Hall–Kier alpha value is -1.45. The van der Waals surface area contributed by atoms with Gasteiger partial charge in [-0.25, -0.2) is 0 Å². The van der Waals surface area contributed by atoms with E-state index < -0.39 is 5.41 Å². The zero-order valence-electron chi connectivity index (χ0n) is 15.5. The standard InChI is InChI=1S/C21H28O4/c1-12(22)25-14-8-9-20(2)13(10-14)4-5-15-16-6-7-18(24)21(16,3)11-17(23)19(15)20/h4,14-16,19H,5-11H2,1-3H3/t14-,15-,16-,19+,20+,21+/m1/s1. The lowest BCUT2D eigenvalue weighted by atomic mass is 9.47. The molecule has 4 aliphatic carbocycles. The van der Waals surface area contributed by atoms with Crippen molar-refractivity contribution in [1.29, 1.82) is 0 Å². The Morgan fingerprint density at radius 1 is 1.20 bits per heavy atom. The molecule has 25 heavy (non-hydrogen) atoms. The van der Waals surface area contributed by atoms with E-state index in [9.17, 15) is 14.4 Å². The minimum atomic E-state index is -0.422. The van der Waals surface area contributed by atoms with Crippen LogP contribution in [0.2, 0.25) is 0 Å². The number of hydrogen-bond donors (Lipinski definition) is 0. The summed E-state index contributed by atoms with van der Waals surface area (Å²) in [6, 6.07) is 0. The van der Waals surface area contributed by atoms with E-state index >= 15 is 0 Å². The summed E-state index contributed by atoms with van der Waals surface area (Å²) < 4.78 is 5.44. The summed E-state index contributed by atoms with van der Waals surface area (Å²) in [5, 5.41) is 0. The number of carbonyl (C=O) groups is 3. The van der Waals surface area contributed by atoms with Gasteiger partial charge in [-0.3, -0.25) is 14.4 Å². The molecule has 3 fully saturated rings. The Balaban J connectivity index is 1.66. The van der Waals surface area contributed by atoms with E-state index in [1.54, 1.807) is 0 Å². The second kappa shape index (κ2) is 5.52. The van der Waals surface area contributed by atoms with Gasteiger partial charge in [0.05, 0.1) is 0 Å². The monoisotopic (exact) mass is 344 g/mol. The van der Waals surface area contributed by atoms with E-state index in [0.29, 0.717) is 30.5 Å². The van der Waals surface area contributed by atoms with Gasteiger partial charge in [-0.2, -0.15) is 0 Å². The summed E-state index contributed by atoms with van der Waals surface area (Å²) in [7, 11) is 0. The average Bonchev–Trinajstić information content (AvgIpc) is 2.82. The van der Waals surface area contributed by atoms with Crippen LogP contribution < -0.4 is 0 Å². The number of Topliss-reactive ketones (excluding diaryl/α,β-unsaturated/α-hetero) is 2. The smallest absolute Gasteiger partial charge is 0.302 e. The van der Waals surface area contributed by atoms with Crippen molar-refractivity contribution in [3.63, 3.8) is 0 Å². The predicted octanol–water partition coefficient (Wildman–Crippen LogP) is 3.63. The first kappa shape index (κ1) is 17.0. The Labute approximate surface area is 149 Å². The van der Waals surface area contributed by atoms with Crippen LogP contribution in [-0.2, 0) is 19.1 Å². The Kier molecular flexibility index (Phi) is 3.75. The number of allylic oxidation sites excluding steroid dienone is 1. The zero-order valence-corrected chi connectivity index (χ0v) is 15.5. The van der Waals surface area contributed by atoms with Gasteiger partial charge in [0.25, 0.3) is 0 Å². The van der Waals surface area contributed by atoms with Crippen molar-refractivity contribution in [2.45, 2.75) is 71.8 Å². The van der Waals surface area contributed by atoms with Crippen LogP contribution in [0.1, 0.15) is 65.7 Å². The van der Waals surface area contributed by atoms with Crippen LogP contribution in [-0.4, -0.2) is 23.6 Å². The van der Waals surface area contributed by atoms with Gasteiger partial charge in [0.2, 0.25) is 0 Å². The molecular formula is C21H28O4. The van der Waals surface area contributed by atoms with Gasteiger partial charge in [-0.05, 0) is 42.9 Å². The molecule has 0 radical (unpaired) electrons. The molecule has 4 aliphatic rings. The van der Waals surface area contributed by atoms with Crippen molar-refractivity contribution < 1.29 is 19.1 Å². The zero-order chi connectivity index (χ0) is 18.0. The Bertz CT molecular complexity index is 677. The van der Waals surface area contributed by atoms with Crippen molar-refractivity contribution in [3.8, 4) is 0 Å². The molecule has 4 nitrogen and oxygen atoms in total. The first-order valence-corrected chi connectivity index (χ1v) is 9.68. The highest BCUT2D eigenvalue weighted by molar-refractivity contribution is 5.95. The third kappa shape index (κ3) is 2.36. The highest BCUT2D eigenvalue weighted by atomic mass is 16.5. The van der Waals surface area contributed by atoms with Gasteiger partial charge in [0.1, 0.15) is 17.7 Å². The van der Waals surface area contributed by atoms with Crippen LogP contribution in [0.3, 0.4) is 0 Å². The molecule has 0 N–H and O–H groups in total. The van der Waals surface area contributed by atoms with Gasteiger partial charge in [0, 0.05) is 37.5 Å². The lowest BCUT2D eigenvalue weighted by molar-refractivity contribution is -0.153. The van der Waals surface area contributed by atoms with E-state index in [1.165, 1.54) is 12.5 Å². The van der Waals surface area contributed by atoms with Gasteiger partial charge in [0.15, 0.2) is 0 Å². The highest BCUT2D eigenvalue weighted by Gasteiger charge is 2.61. The average molecular weight is 344 g/mol. The predicted molar refractivity (Wildman–Crippen MR) is 92.7 cm³/mol. The molecule has 0 unspecified atom stereocenters. The second-order valence-electron chi connectivity index (χ2n) is 9.13. The number of fused-ring (bicyclic) bond motifs is 5.